The number of thiol groups is 2. The predicted octanol–water partition coefficient (Wildman–Crippen LogP) is 1.18. The second-order valence-electron chi connectivity index (χ2n) is 4.75. The third-order valence-electron chi connectivity index (χ3n) is 3.07. The molecule has 0 spiro atoms. The molecule has 4 nitrogen and oxygen atoms in total. The molecule has 0 fully saturated rings. The number of hydrogen-bond donors (Lipinski definition) is 2. The molecule has 16 heavy (non-hydrogen) atoms. The first kappa shape index (κ1) is 15.9. The van der Waals surface area contributed by atoms with Gasteiger partial charge in [0.25, 0.3) is 0 Å². The quantitative estimate of drug-likeness (QED) is 0.682. The fraction of sp³-hybridized carbons (Fsp3) is 1.00. The average Bonchev–Trinajstić information content (AvgIpc) is 2.13. The van der Waals surface area contributed by atoms with Crippen molar-refractivity contribution in [2.45, 2.75) is 57.5 Å². The van der Waals surface area contributed by atoms with Crippen molar-refractivity contribution >= 4 is 21.4 Å². The Morgan fingerprint density at radius 2 is 1.44 bits per heavy atom. The molecule has 0 aliphatic carbocycles. The van der Waals surface area contributed by atoms with Crippen molar-refractivity contribution in [1.29, 1.82) is 0 Å². The van der Waals surface area contributed by atoms with Gasteiger partial charge in [0.1, 0.15) is 21.4 Å². The highest BCUT2D eigenvalue weighted by Gasteiger charge is 2.33. The molecule has 0 heterocycles. The van der Waals surface area contributed by atoms with Crippen LogP contribution in [0.15, 0.2) is 0 Å². The van der Waals surface area contributed by atoms with Gasteiger partial charge in [-0.05, 0) is 24.7 Å². The minimum Gasteiger partial charge on any atom is -0.232 e. The first-order valence-corrected chi connectivity index (χ1v) is 8.02. The van der Waals surface area contributed by atoms with Gasteiger partial charge < -0.3 is 0 Å². The Kier molecular flexibility index (Phi) is 6.55. The zero-order chi connectivity index (χ0) is 12.9. The van der Waals surface area contributed by atoms with Crippen LogP contribution >= 0.6 is 0 Å². The number of hydrogen-bond acceptors (Lipinski definition) is 4. The standard InChI is InChI=1S/C10H22O4S2/c1-5-8(15(11)12)7-10(3,4)9(6-2)16(13)14/h8-9,15-16H,5-7H2,1-4H3. The molecular weight excluding hydrogens is 248 g/mol. The summed E-state index contributed by atoms with van der Waals surface area (Å²) >= 11 is 0. The second kappa shape index (κ2) is 6.59. The summed E-state index contributed by atoms with van der Waals surface area (Å²) in [5.41, 5.74) is -0.486. The van der Waals surface area contributed by atoms with Gasteiger partial charge >= 0.3 is 0 Å². The van der Waals surface area contributed by atoms with E-state index in [-0.39, 0.29) is 0 Å². The third-order valence-corrected chi connectivity index (χ3v) is 5.79. The van der Waals surface area contributed by atoms with Crippen molar-refractivity contribution < 1.29 is 16.8 Å². The van der Waals surface area contributed by atoms with E-state index in [1.165, 1.54) is 0 Å². The first-order chi connectivity index (χ1) is 7.26. The van der Waals surface area contributed by atoms with Gasteiger partial charge in [0.2, 0.25) is 0 Å². The Morgan fingerprint density at radius 1 is 0.938 bits per heavy atom. The highest BCUT2D eigenvalue weighted by molar-refractivity contribution is 7.73. The van der Waals surface area contributed by atoms with Gasteiger partial charge in [-0.1, -0.05) is 27.7 Å². The molecule has 0 bridgehead atoms. The van der Waals surface area contributed by atoms with Crippen LogP contribution < -0.4 is 0 Å². The lowest BCUT2D eigenvalue weighted by Gasteiger charge is -2.31. The minimum atomic E-state index is -2.50. The van der Waals surface area contributed by atoms with Crippen LogP contribution in [-0.4, -0.2) is 27.3 Å². The van der Waals surface area contributed by atoms with Crippen LogP contribution in [0.25, 0.3) is 0 Å². The van der Waals surface area contributed by atoms with E-state index >= 15 is 0 Å². The van der Waals surface area contributed by atoms with Gasteiger partial charge in [0.15, 0.2) is 0 Å². The van der Waals surface area contributed by atoms with Crippen LogP contribution in [-0.2, 0) is 21.4 Å². The smallest absolute Gasteiger partial charge is 0.143 e. The summed E-state index contributed by atoms with van der Waals surface area (Å²) in [6, 6.07) is 0. The molecule has 2 unspecified atom stereocenters. The van der Waals surface area contributed by atoms with Gasteiger partial charge in [0.05, 0.1) is 10.5 Å². The summed E-state index contributed by atoms with van der Waals surface area (Å²) in [7, 11) is -4.98. The molecule has 0 saturated carbocycles. The van der Waals surface area contributed by atoms with Crippen LogP contribution in [0.4, 0.5) is 0 Å². The Hall–Kier alpha value is -0.100. The Morgan fingerprint density at radius 3 is 1.69 bits per heavy atom. The normalized spacial score (nSPS) is 16.6. The molecule has 0 rings (SSSR count). The lowest BCUT2D eigenvalue weighted by atomic mass is 9.82. The SMILES string of the molecule is CCC(CC(C)(C)C(CC)[SH](=O)=O)[SH](=O)=O. The molecule has 6 heteroatoms. The van der Waals surface area contributed by atoms with Crippen LogP contribution in [0.3, 0.4) is 0 Å². The van der Waals surface area contributed by atoms with E-state index in [4.69, 9.17) is 0 Å². The van der Waals surface area contributed by atoms with Crippen LogP contribution in [0.5, 0.6) is 0 Å². The van der Waals surface area contributed by atoms with Crippen LogP contribution in [0.1, 0.15) is 47.0 Å². The Bertz CT molecular complexity index is 340. The lowest BCUT2D eigenvalue weighted by molar-refractivity contribution is 0.300. The summed E-state index contributed by atoms with van der Waals surface area (Å²) in [5.74, 6) is 0. The molecule has 0 aromatic rings. The van der Waals surface area contributed by atoms with Crippen molar-refractivity contribution in [2.75, 3.05) is 0 Å². The molecular formula is C10H22O4S2. The molecule has 98 valence electrons. The minimum absolute atomic E-state index is 0.407. The number of rotatable bonds is 7. The second-order valence-corrected chi connectivity index (χ2v) is 7.24. The van der Waals surface area contributed by atoms with E-state index in [1.54, 1.807) is 0 Å². The summed E-state index contributed by atoms with van der Waals surface area (Å²) in [6.45, 7) is 7.28. The summed E-state index contributed by atoms with van der Waals surface area (Å²) in [5, 5.41) is -0.875. The van der Waals surface area contributed by atoms with E-state index in [1.807, 2.05) is 27.7 Å². The van der Waals surface area contributed by atoms with Crippen molar-refractivity contribution in [3.8, 4) is 0 Å². The summed E-state index contributed by atoms with van der Waals surface area (Å²) < 4.78 is 44.2. The van der Waals surface area contributed by atoms with E-state index in [9.17, 15) is 16.8 Å². The molecule has 0 aromatic carbocycles. The van der Waals surface area contributed by atoms with Crippen molar-refractivity contribution in [2.24, 2.45) is 5.41 Å². The van der Waals surface area contributed by atoms with Crippen molar-refractivity contribution in [3.63, 3.8) is 0 Å². The van der Waals surface area contributed by atoms with Gasteiger partial charge in [-0.3, -0.25) is 0 Å². The maximum absolute atomic E-state index is 11.1. The fourth-order valence-corrected chi connectivity index (χ4v) is 3.99. The van der Waals surface area contributed by atoms with Crippen molar-refractivity contribution in [3.05, 3.63) is 0 Å². The van der Waals surface area contributed by atoms with Crippen LogP contribution in [0.2, 0.25) is 0 Å². The van der Waals surface area contributed by atoms with Gasteiger partial charge in [-0.2, -0.15) is 0 Å². The molecule has 0 aliphatic heterocycles. The van der Waals surface area contributed by atoms with E-state index in [0.717, 1.165) is 0 Å². The zero-order valence-electron chi connectivity index (χ0n) is 10.3. The van der Waals surface area contributed by atoms with Gasteiger partial charge in [-0.15, -0.1) is 0 Å². The molecule has 0 radical (unpaired) electrons. The first-order valence-electron chi connectivity index (χ1n) is 5.53. The van der Waals surface area contributed by atoms with E-state index in [0.29, 0.717) is 19.3 Å². The Balaban J connectivity index is 4.90. The topological polar surface area (TPSA) is 68.3 Å². The average molecular weight is 270 g/mol. The van der Waals surface area contributed by atoms with Gasteiger partial charge in [-0.25, -0.2) is 16.8 Å². The molecule has 2 atom stereocenters. The fourth-order valence-electron chi connectivity index (χ4n) is 2.10. The summed E-state index contributed by atoms with van der Waals surface area (Å²) in [4.78, 5) is 0. The van der Waals surface area contributed by atoms with E-state index < -0.39 is 37.3 Å². The largest absolute Gasteiger partial charge is 0.232 e. The monoisotopic (exact) mass is 270 g/mol. The van der Waals surface area contributed by atoms with Crippen LogP contribution in [0, 0.1) is 5.41 Å². The highest BCUT2D eigenvalue weighted by Crippen LogP contribution is 2.32. The van der Waals surface area contributed by atoms with Gasteiger partial charge in [0, 0.05) is 0 Å². The highest BCUT2D eigenvalue weighted by atomic mass is 32.2. The Labute approximate surface area is 101 Å². The summed E-state index contributed by atoms with van der Waals surface area (Å²) in [6.07, 6.45) is 1.47. The lowest BCUT2D eigenvalue weighted by Crippen LogP contribution is -2.34. The van der Waals surface area contributed by atoms with E-state index in [2.05, 4.69) is 0 Å². The maximum Gasteiger partial charge on any atom is 0.143 e. The third kappa shape index (κ3) is 4.41. The molecule has 0 amide bonds. The van der Waals surface area contributed by atoms with Crippen molar-refractivity contribution in [1.82, 2.24) is 0 Å². The predicted molar refractivity (Wildman–Crippen MR) is 67.2 cm³/mol. The molecule has 0 aliphatic rings. The molecule has 0 N–H and O–H groups in total. The zero-order valence-corrected chi connectivity index (χ0v) is 12.1. The molecule has 0 saturated heterocycles. The maximum atomic E-state index is 11.1. The molecule has 0 aromatic heterocycles.